The van der Waals surface area contributed by atoms with Gasteiger partial charge in [0, 0.05) is 13.1 Å². The second kappa shape index (κ2) is 6.69. The number of amides is 1. The first kappa shape index (κ1) is 16.8. The van der Waals surface area contributed by atoms with Gasteiger partial charge >= 0.3 is 6.09 Å². The van der Waals surface area contributed by atoms with Gasteiger partial charge in [-0.1, -0.05) is 25.1 Å². The topological polar surface area (TPSA) is 41.6 Å². The number of carbonyl (C=O) groups excluding carboxylic acids is 1. The highest BCUT2D eigenvalue weighted by Crippen LogP contribution is 2.33. The molecule has 122 valence electrons. The van der Waals surface area contributed by atoms with Crippen LogP contribution in [-0.4, -0.2) is 30.2 Å². The van der Waals surface area contributed by atoms with Crippen LogP contribution in [0.2, 0.25) is 0 Å². The van der Waals surface area contributed by atoms with Crippen LogP contribution in [0.5, 0.6) is 0 Å². The maximum Gasteiger partial charge on any atom is 0.410 e. The van der Waals surface area contributed by atoms with Crippen molar-refractivity contribution in [1.29, 1.82) is 0 Å². The summed E-state index contributed by atoms with van der Waals surface area (Å²) in [7, 11) is 1.96. The number of ether oxygens (including phenoxy) is 1. The molecule has 1 aromatic rings. The Kier molecular flexibility index (Phi) is 5.12. The van der Waals surface area contributed by atoms with Gasteiger partial charge < -0.3 is 15.0 Å². The third kappa shape index (κ3) is 3.80. The summed E-state index contributed by atoms with van der Waals surface area (Å²) in [5, 5.41) is 3.18. The molecule has 1 amide bonds. The second-order valence-corrected chi connectivity index (χ2v) is 6.91. The molecule has 1 aliphatic heterocycles. The van der Waals surface area contributed by atoms with Gasteiger partial charge in [-0.05, 0) is 57.4 Å². The van der Waals surface area contributed by atoms with Crippen molar-refractivity contribution in [1.82, 2.24) is 10.2 Å². The van der Waals surface area contributed by atoms with E-state index >= 15 is 0 Å². The van der Waals surface area contributed by atoms with Crippen molar-refractivity contribution in [2.75, 3.05) is 13.6 Å². The Bertz CT molecular complexity index is 534. The molecule has 1 heterocycles. The van der Waals surface area contributed by atoms with Crippen LogP contribution in [0, 0.1) is 0 Å². The normalized spacial score (nSPS) is 18.0. The van der Waals surface area contributed by atoms with Crippen molar-refractivity contribution in [3.05, 3.63) is 34.9 Å². The number of nitrogens with one attached hydrogen (secondary N) is 1. The van der Waals surface area contributed by atoms with E-state index < -0.39 is 5.60 Å². The Morgan fingerprint density at radius 2 is 2.14 bits per heavy atom. The summed E-state index contributed by atoms with van der Waals surface area (Å²) >= 11 is 0. The third-order valence-electron chi connectivity index (χ3n) is 3.96. The summed E-state index contributed by atoms with van der Waals surface area (Å²) in [6, 6.07) is 6.70. The fourth-order valence-corrected chi connectivity index (χ4v) is 3.06. The monoisotopic (exact) mass is 304 g/mol. The van der Waals surface area contributed by atoms with E-state index in [0.29, 0.717) is 0 Å². The van der Waals surface area contributed by atoms with Crippen LogP contribution in [0.15, 0.2) is 18.2 Å². The zero-order chi connectivity index (χ0) is 16.3. The van der Waals surface area contributed by atoms with Gasteiger partial charge in [0.1, 0.15) is 5.60 Å². The maximum atomic E-state index is 12.5. The highest BCUT2D eigenvalue weighted by molar-refractivity contribution is 5.69. The zero-order valence-corrected chi connectivity index (χ0v) is 14.4. The number of benzene rings is 1. The minimum absolute atomic E-state index is 0.113. The molecule has 1 atom stereocenters. The minimum atomic E-state index is -0.452. The Morgan fingerprint density at radius 3 is 2.73 bits per heavy atom. The van der Waals surface area contributed by atoms with Gasteiger partial charge in [-0.15, -0.1) is 0 Å². The van der Waals surface area contributed by atoms with Crippen molar-refractivity contribution < 1.29 is 9.53 Å². The van der Waals surface area contributed by atoms with Gasteiger partial charge in [-0.2, -0.15) is 0 Å². The van der Waals surface area contributed by atoms with Gasteiger partial charge in [-0.3, -0.25) is 0 Å². The predicted octanol–water partition coefficient (Wildman–Crippen LogP) is 3.65. The summed E-state index contributed by atoms with van der Waals surface area (Å²) in [6.07, 6.45) is 1.59. The first-order valence-corrected chi connectivity index (χ1v) is 8.11. The summed E-state index contributed by atoms with van der Waals surface area (Å²) < 4.78 is 5.56. The number of carbonyl (C=O) groups is 1. The molecule has 0 saturated heterocycles. The average Bonchev–Trinajstić information content (AvgIpc) is 2.44. The van der Waals surface area contributed by atoms with Gasteiger partial charge in [0.15, 0.2) is 0 Å². The molecular formula is C18H28N2O2. The number of hydrogen-bond acceptors (Lipinski definition) is 3. The fraction of sp³-hybridized carbons (Fsp3) is 0.611. The summed E-state index contributed by atoms with van der Waals surface area (Å²) in [4.78, 5) is 14.3. The highest BCUT2D eigenvalue weighted by Gasteiger charge is 2.32. The molecule has 1 unspecified atom stereocenters. The Balaban J connectivity index is 2.23. The lowest BCUT2D eigenvalue weighted by atomic mass is 9.90. The van der Waals surface area contributed by atoms with Crippen LogP contribution in [0.3, 0.4) is 0 Å². The summed E-state index contributed by atoms with van der Waals surface area (Å²) in [5.41, 5.74) is 3.47. The summed E-state index contributed by atoms with van der Waals surface area (Å²) in [6.45, 7) is 9.46. The van der Waals surface area contributed by atoms with Gasteiger partial charge in [0.2, 0.25) is 0 Å². The summed E-state index contributed by atoms with van der Waals surface area (Å²) in [5.74, 6) is 0. The molecule has 0 spiro atoms. The van der Waals surface area contributed by atoms with Gasteiger partial charge in [-0.25, -0.2) is 4.79 Å². The van der Waals surface area contributed by atoms with Crippen molar-refractivity contribution >= 4 is 6.09 Å². The number of rotatable bonds is 3. The average molecular weight is 304 g/mol. The van der Waals surface area contributed by atoms with E-state index in [0.717, 1.165) is 25.9 Å². The molecule has 0 fully saturated rings. The molecule has 1 aromatic carbocycles. The van der Waals surface area contributed by atoms with Crippen molar-refractivity contribution in [2.24, 2.45) is 0 Å². The van der Waals surface area contributed by atoms with Gasteiger partial charge in [0.25, 0.3) is 0 Å². The van der Waals surface area contributed by atoms with Gasteiger partial charge in [0.05, 0.1) is 6.04 Å². The lowest BCUT2D eigenvalue weighted by Crippen LogP contribution is -2.42. The molecule has 4 heteroatoms. The molecule has 0 radical (unpaired) electrons. The fourth-order valence-electron chi connectivity index (χ4n) is 3.06. The molecule has 0 bridgehead atoms. The molecule has 0 aromatic heterocycles. The molecule has 4 nitrogen and oxygen atoms in total. The van der Waals surface area contributed by atoms with Crippen molar-refractivity contribution in [2.45, 2.75) is 58.7 Å². The highest BCUT2D eigenvalue weighted by atomic mass is 16.6. The van der Waals surface area contributed by atoms with Crippen LogP contribution in [0.25, 0.3) is 0 Å². The Morgan fingerprint density at radius 1 is 1.41 bits per heavy atom. The molecule has 0 aliphatic carbocycles. The second-order valence-electron chi connectivity index (χ2n) is 6.91. The largest absolute Gasteiger partial charge is 0.444 e. The van der Waals surface area contributed by atoms with Crippen LogP contribution >= 0.6 is 0 Å². The van der Waals surface area contributed by atoms with Crippen LogP contribution in [0.1, 0.15) is 56.8 Å². The molecule has 1 aliphatic rings. The van der Waals surface area contributed by atoms with Crippen LogP contribution in [-0.2, 0) is 17.7 Å². The van der Waals surface area contributed by atoms with Crippen LogP contribution in [0.4, 0.5) is 4.79 Å². The lowest BCUT2D eigenvalue weighted by Gasteiger charge is -2.38. The first-order valence-electron chi connectivity index (χ1n) is 8.11. The SMILES string of the molecule is CCC1c2ccc(CNC)cc2CCN1C(=O)OC(C)(C)C. The number of nitrogens with zero attached hydrogens (tertiary/aromatic N) is 1. The number of fused-ring (bicyclic) bond motifs is 1. The smallest absolute Gasteiger partial charge is 0.410 e. The van der Waals surface area contributed by atoms with Crippen LogP contribution < -0.4 is 5.32 Å². The molecule has 1 N–H and O–H groups in total. The van der Waals surface area contributed by atoms with E-state index in [9.17, 15) is 4.79 Å². The molecule has 0 saturated carbocycles. The first-order chi connectivity index (χ1) is 10.4. The van der Waals surface area contributed by atoms with E-state index in [1.165, 1.54) is 16.7 Å². The molecular weight excluding hydrogens is 276 g/mol. The van der Waals surface area contributed by atoms with E-state index in [4.69, 9.17) is 4.74 Å². The van der Waals surface area contributed by atoms with E-state index in [-0.39, 0.29) is 12.1 Å². The lowest BCUT2D eigenvalue weighted by molar-refractivity contribution is 0.0137. The quantitative estimate of drug-likeness (QED) is 0.926. The maximum absolute atomic E-state index is 12.5. The Labute approximate surface area is 133 Å². The van der Waals surface area contributed by atoms with E-state index in [2.05, 4.69) is 30.4 Å². The van der Waals surface area contributed by atoms with Crippen molar-refractivity contribution in [3.63, 3.8) is 0 Å². The minimum Gasteiger partial charge on any atom is -0.444 e. The Hall–Kier alpha value is -1.55. The predicted molar refractivity (Wildman–Crippen MR) is 88.9 cm³/mol. The van der Waals surface area contributed by atoms with Crippen molar-refractivity contribution in [3.8, 4) is 0 Å². The van der Waals surface area contributed by atoms with E-state index in [1.807, 2.05) is 32.7 Å². The number of hydrogen-bond donors (Lipinski definition) is 1. The third-order valence-corrected chi connectivity index (χ3v) is 3.96. The standard InChI is InChI=1S/C18H28N2O2/c1-6-16-15-8-7-13(12-19-5)11-14(15)9-10-20(16)17(21)22-18(2,3)4/h7-8,11,16,19H,6,9-10,12H2,1-5H3. The molecule has 2 rings (SSSR count). The van der Waals surface area contributed by atoms with E-state index in [1.54, 1.807) is 0 Å². The molecule has 22 heavy (non-hydrogen) atoms. The zero-order valence-electron chi connectivity index (χ0n) is 14.4.